The van der Waals surface area contributed by atoms with Gasteiger partial charge in [-0.25, -0.2) is 9.07 Å². The molecular weight excluding hydrogens is 261 g/mol. The van der Waals surface area contributed by atoms with Crippen LogP contribution >= 0.6 is 0 Å². The number of benzene rings is 1. The maximum atomic E-state index is 13.0. The van der Waals surface area contributed by atoms with Crippen LogP contribution in [0.4, 0.5) is 10.1 Å². The first-order chi connectivity index (χ1) is 9.47. The molecule has 5 nitrogen and oxygen atoms in total. The van der Waals surface area contributed by atoms with Crippen molar-refractivity contribution in [3.63, 3.8) is 0 Å². The van der Waals surface area contributed by atoms with Gasteiger partial charge in [-0.3, -0.25) is 9.59 Å². The summed E-state index contributed by atoms with van der Waals surface area (Å²) in [5.41, 5.74) is 0.501. The van der Waals surface area contributed by atoms with Gasteiger partial charge in [0.1, 0.15) is 12.4 Å². The van der Waals surface area contributed by atoms with E-state index in [2.05, 4.69) is 5.10 Å². The summed E-state index contributed by atoms with van der Waals surface area (Å²) in [4.78, 5) is 25.5. The molecule has 0 radical (unpaired) electrons. The Morgan fingerprint density at radius 3 is 2.70 bits per heavy atom. The van der Waals surface area contributed by atoms with E-state index in [4.69, 9.17) is 0 Å². The Morgan fingerprint density at radius 1 is 1.35 bits per heavy atom. The van der Waals surface area contributed by atoms with Crippen molar-refractivity contribution in [2.24, 2.45) is 0 Å². The summed E-state index contributed by atoms with van der Waals surface area (Å²) in [6.45, 7) is -0.212. The van der Waals surface area contributed by atoms with Gasteiger partial charge in [-0.05, 0) is 12.1 Å². The molecule has 0 bridgehead atoms. The van der Waals surface area contributed by atoms with E-state index >= 15 is 0 Å². The summed E-state index contributed by atoms with van der Waals surface area (Å²) < 4.78 is 14.1. The van der Waals surface area contributed by atoms with E-state index in [1.165, 1.54) is 30.5 Å². The van der Waals surface area contributed by atoms with Crippen LogP contribution in [0.25, 0.3) is 0 Å². The second kappa shape index (κ2) is 5.64. The topological polar surface area (TPSA) is 55.2 Å². The van der Waals surface area contributed by atoms with Crippen LogP contribution in [0, 0.1) is 5.82 Å². The van der Waals surface area contributed by atoms with Crippen molar-refractivity contribution in [1.29, 1.82) is 0 Å². The molecule has 1 heterocycles. The fourth-order valence-electron chi connectivity index (χ4n) is 1.68. The van der Waals surface area contributed by atoms with Crippen molar-refractivity contribution in [2.75, 3.05) is 19.0 Å². The van der Waals surface area contributed by atoms with Crippen LogP contribution in [-0.2, 0) is 6.54 Å². The maximum absolute atomic E-state index is 13.0. The van der Waals surface area contributed by atoms with Gasteiger partial charge >= 0.3 is 0 Å². The summed E-state index contributed by atoms with van der Waals surface area (Å²) in [7, 11) is 3.58. The number of nitrogens with zero attached hydrogens (tertiary/aromatic N) is 3. The molecule has 0 spiro atoms. The van der Waals surface area contributed by atoms with Gasteiger partial charge in [0, 0.05) is 25.7 Å². The minimum atomic E-state index is -0.487. The van der Waals surface area contributed by atoms with E-state index < -0.39 is 5.82 Å². The lowest BCUT2D eigenvalue weighted by atomic mass is 10.1. The number of halogens is 1. The minimum absolute atomic E-state index is 0.212. The quantitative estimate of drug-likeness (QED) is 0.790. The van der Waals surface area contributed by atoms with Gasteiger partial charge in [0.25, 0.3) is 5.56 Å². The summed E-state index contributed by atoms with van der Waals surface area (Å²) in [5, 5.41) is 3.94. The Hall–Kier alpha value is -2.50. The fraction of sp³-hybridized carbons (Fsp3) is 0.214. The summed E-state index contributed by atoms with van der Waals surface area (Å²) >= 11 is 0. The van der Waals surface area contributed by atoms with Crippen LogP contribution in [0.15, 0.2) is 41.3 Å². The van der Waals surface area contributed by atoms with E-state index in [0.29, 0.717) is 5.69 Å². The Bertz CT molecular complexity index is 695. The van der Waals surface area contributed by atoms with Gasteiger partial charge in [-0.15, -0.1) is 0 Å². The highest BCUT2D eigenvalue weighted by atomic mass is 19.1. The number of aromatic nitrogens is 2. The predicted octanol–water partition coefficient (Wildman–Crippen LogP) is 1.33. The number of Topliss-reactive ketones (excluding diaryl/α,β-unsaturated/α-hetero) is 1. The van der Waals surface area contributed by atoms with Gasteiger partial charge in [-0.2, -0.15) is 5.10 Å². The molecule has 104 valence electrons. The number of rotatable bonds is 4. The molecule has 20 heavy (non-hydrogen) atoms. The first-order valence-electron chi connectivity index (χ1n) is 6.00. The number of hydrogen-bond acceptors (Lipinski definition) is 4. The Labute approximate surface area is 115 Å². The van der Waals surface area contributed by atoms with Crippen molar-refractivity contribution in [2.45, 2.75) is 6.54 Å². The van der Waals surface area contributed by atoms with E-state index in [0.717, 1.165) is 10.7 Å². The van der Waals surface area contributed by atoms with E-state index in [1.54, 1.807) is 19.0 Å². The normalized spacial score (nSPS) is 10.3. The highest BCUT2D eigenvalue weighted by Crippen LogP contribution is 2.06. The zero-order valence-corrected chi connectivity index (χ0v) is 11.2. The van der Waals surface area contributed by atoms with Crippen LogP contribution in [0.2, 0.25) is 0 Å². The first kappa shape index (κ1) is 13.9. The van der Waals surface area contributed by atoms with Crippen molar-refractivity contribution >= 4 is 11.5 Å². The molecule has 1 aromatic heterocycles. The smallest absolute Gasteiger partial charge is 0.269 e. The molecule has 0 N–H and O–H groups in total. The maximum Gasteiger partial charge on any atom is 0.269 e. The average Bonchev–Trinajstić information content (AvgIpc) is 2.40. The van der Waals surface area contributed by atoms with Gasteiger partial charge in [-0.1, -0.05) is 12.1 Å². The third-order valence-corrected chi connectivity index (χ3v) is 2.81. The number of carbonyl (C=O) groups excluding carboxylic acids is 1. The molecule has 0 unspecified atom stereocenters. The molecule has 2 aromatic rings. The monoisotopic (exact) mass is 275 g/mol. The number of hydrogen-bond donors (Lipinski definition) is 0. The molecule has 0 aliphatic rings. The first-order valence-corrected chi connectivity index (χ1v) is 6.00. The lowest BCUT2D eigenvalue weighted by Gasteiger charge is -2.12. The molecule has 1 aromatic carbocycles. The molecule has 0 saturated carbocycles. The molecule has 2 rings (SSSR count). The number of carbonyl (C=O) groups is 1. The van der Waals surface area contributed by atoms with Gasteiger partial charge in [0.15, 0.2) is 5.78 Å². The number of ketones is 1. The van der Waals surface area contributed by atoms with Crippen LogP contribution in [0.5, 0.6) is 0 Å². The standard InChI is InChI=1S/C14H14FN3O2/c1-17(2)12-7-14(20)18(16-8-12)9-13(19)10-4-3-5-11(15)6-10/h3-8H,9H2,1-2H3. The molecule has 6 heteroatoms. The molecule has 0 fully saturated rings. The van der Waals surface area contributed by atoms with Crippen LogP contribution in [0.3, 0.4) is 0 Å². The largest absolute Gasteiger partial charge is 0.376 e. The molecule has 0 saturated heterocycles. The van der Waals surface area contributed by atoms with Gasteiger partial charge in [0.2, 0.25) is 0 Å². The Kier molecular flexibility index (Phi) is 3.93. The summed E-state index contributed by atoms with van der Waals surface area (Å²) in [6, 6.07) is 6.75. The van der Waals surface area contributed by atoms with Gasteiger partial charge < -0.3 is 4.90 Å². The molecule has 0 aliphatic heterocycles. The zero-order valence-electron chi connectivity index (χ0n) is 11.2. The highest BCUT2D eigenvalue weighted by Gasteiger charge is 2.10. The Balaban J connectivity index is 2.22. The van der Waals surface area contributed by atoms with Crippen molar-refractivity contribution in [3.05, 3.63) is 58.3 Å². The number of anilines is 1. The van der Waals surface area contributed by atoms with Crippen LogP contribution < -0.4 is 10.5 Å². The lowest BCUT2D eigenvalue weighted by Crippen LogP contribution is -2.27. The molecule has 0 amide bonds. The Morgan fingerprint density at radius 2 is 2.10 bits per heavy atom. The van der Waals surface area contributed by atoms with E-state index in [9.17, 15) is 14.0 Å². The highest BCUT2D eigenvalue weighted by molar-refractivity contribution is 5.95. The lowest BCUT2D eigenvalue weighted by molar-refractivity contribution is 0.0965. The van der Waals surface area contributed by atoms with Crippen LogP contribution in [0.1, 0.15) is 10.4 Å². The van der Waals surface area contributed by atoms with Crippen molar-refractivity contribution in [1.82, 2.24) is 9.78 Å². The second-order valence-corrected chi connectivity index (χ2v) is 4.54. The summed E-state index contributed by atoms with van der Waals surface area (Å²) in [5.74, 6) is -0.851. The molecular formula is C14H14FN3O2. The zero-order chi connectivity index (χ0) is 14.7. The summed E-state index contributed by atoms with van der Waals surface area (Å²) in [6.07, 6.45) is 1.50. The average molecular weight is 275 g/mol. The third kappa shape index (κ3) is 3.09. The van der Waals surface area contributed by atoms with Crippen molar-refractivity contribution in [3.8, 4) is 0 Å². The molecule has 0 atom stereocenters. The van der Waals surface area contributed by atoms with Crippen molar-refractivity contribution < 1.29 is 9.18 Å². The van der Waals surface area contributed by atoms with Crippen LogP contribution in [-0.4, -0.2) is 29.7 Å². The fourth-order valence-corrected chi connectivity index (χ4v) is 1.68. The van der Waals surface area contributed by atoms with E-state index in [1.807, 2.05) is 0 Å². The second-order valence-electron chi connectivity index (χ2n) is 4.54. The SMILES string of the molecule is CN(C)c1cnn(CC(=O)c2cccc(F)c2)c(=O)c1. The minimum Gasteiger partial charge on any atom is -0.376 e. The molecule has 0 aliphatic carbocycles. The van der Waals surface area contributed by atoms with E-state index in [-0.39, 0.29) is 23.5 Å². The van der Waals surface area contributed by atoms with Gasteiger partial charge in [0.05, 0.1) is 11.9 Å². The predicted molar refractivity (Wildman–Crippen MR) is 73.6 cm³/mol. The third-order valence-electron chi connectivity index (χ3n) is 2.81.